The molecule has 14 heavy (non-hydrogen) atoms. The summed E-state index contributed by atoms with van der Waals surface area (Å²) in [6.07, 6.45) is 0. The molecule has 0 saturated carbocycles. The van der Waals surface area contributed by atoms with Crippen LogP contribution in [0.2, 0.25) is 0 Å². The van der Waals surface area contributed by atoms with Crippen molar-refractivity contribution >= 4 is 38.5 Å². The topological polar surface area (TPSA) is 21.3 Å². The number of ether oxygens (including phenoxy) is 1. The van der Waals surface area contributed by atoms with Gasteiger partial charge in [-0.25, -0.2) is 0 Å². The highest BCUT2D eigenvalue weighted by Crippen LogP contribution is 2.22. The van der Waals surface area contributed by atoms with E-state index >= 15 is 0 Å². The Morgan fingerprint density at radius 2 is 2.29 bits per heavy atom. The molecule has 1 rings (SSSR count). The van der Waals surface area contributed by atoms with Crippen molar-refractivity contribution in [1.82, 2.24) is 5.32 Å². The zero-order valence-electron chi connectivity index (χ0n) is 8.02. The number of alkyl halides is 1. The van der Waals surface area contributed by atoms with Crippen LogP contribution in [0.5, 0.6) is 5.75 Å². The molecule has 0 aliphatic carbocycles. The van der Waals surface area contributed by atoms with Gasteiger partial charge in [0.25, 0.3) is 0 Å². The van der Waals surface area contributed by atoms with Gasteiger partial charge in [0.05, 0.1) is 7.11 Å². The van der Waals surface area contributed by atoms with E-state index in [2.05, 4.69) is 49.9 Å². The predicted octanol–water partition coefficient (Wildman–Crippen LogP) is 2.98. The molecule has 0 amide bonds. The van der Waals surface area contributed by atoms with E-state index in [9.17, 15) is 0 Å². The third-order valence-electron chi connectivity index (χ3n) is 1.83. The monoisotopic (exact) mass is 369 g/mol. The fourth-order valence-electron chi connectivity index (χ4n) is 1.18. The van der Waals surface area contributed by atoms with Crippen LogP contribution in [-0.4, -0.2) is 18.1 Å². The minimum Gasteiger partial charge on any atom is -0.496 e. The van der Waals surface area contributed by atoms with Crippen molar-refractivity contribution in [2.24, 2.45) is 0 Å². The van der Waals surface area contributed by atoms with Gasteiger partial charge in [-0.2, -0.15) is 0 Å². The van der Waals surface area contributed by atoms with Gasteiger partial charge in [0, 0.05) is 27.6 Å². The summed E-state index contributed by atoms with van der Waals surface area (Å²) in [6, 6.07) is 6.05. The first-order valence-electron chi connectivity index (χ1n) is 4.37. The average Bonchev–Trinajstić information content (AvgIpc) is 2.19. The first-order chi connectivity index (χ1) is 6.77. The van der Waals surface area contributed by atoms with E-state index in [1.165, 1.54) is 5.56 Å². The molecule has 78 valence electrons. The number of hydrogen-bond donors (Lipinski definition) is 1. The van der Waals surface area contributed by atoms with Crippen LogP contribution >= 0.6 is 38.5 Å². The van der Waals surface area contributed by atoms with Gasteiger partial charge < -0.3 is 10.1 Å². The van der Waals surface area contributed by atoms with Gasteiger partial charge in [-0.3, -0.25) is 0 Å². The Morgan fingerprint density at radius 1 is 1.50 bits per heavy atom. The molecule has 0 fully saturated rings. The number of benzene rings is 1. The number of rotatable bonds is 5. The van der Waals surface area contributed by atoms with Gasteiger partial charge in [0.2, 0.25) is 0 Å². The summed E-state index contributed by atoms with van der Waals surface area (Å²) in [7, 11) is 1.70. The van der Waals surface area contributed by atoms with E-state index in [4.69, 9.17) is 4.74 Å². The van der Waals surface area contributed by atoms with Crippen LogP contribution in [0.3, 0.4) is 0 Å². The molecule has 0 aromatic heterocycles. The first kappa shape index (κ1) is 12.3. The molecule has 2 nitrogen and oxygen atoms in total. The lowest BCUT2D eigenvalue weighted by Gasteiger charge is -2.09. The lowest BCUT2D eigenvalue weighted by atomic mass is 10.2. The van der Waals surface area contributed by atoms with Crippen LogP contribution in [0.4, 0.5) is 0 Å². The highest BCUT2D eigenvalue weighted by atomic mass is 127. The highest BCUT2D eigenvalue weighted by Gasteiger charge is 2.02. The summed E-state index contributed by atoms with van der Waals surface area (Å²) in [5.41, 5.74) is 1.19. The molecular weight excluding hydrogens is 357 g/mol. The molecule has 1 aromatic rings. The third kappa shape index (κ3) is 3.74. The number of halogens is 2. The summed E-state index contributed by atoms with van der Waals surface area (Å²) in [5.74, 6) is 0.939. The Hall–Kier alpha value is 0.190. The standard InChI is InChI=1S/C10H13BrINO/c1-14-10-3-2-9(11)6-8(10)7-13-5-4-12/h2-3,6,13H,4-5,7H2,1H3. The maximum absolute atomic E-state index is 5.27. The molecule has 1 aromatic carbocycles. The van der Waals surface area contributed by atoms with Crippen LogP contribution in [0, 0.1) is 0 Å². The van der Waals surface area contributed by atoms with E-state index < -0.39 is 0 Å². The number of hydrogen-bond acceptors (Lipinski definition) is 2. The lowest BCUT2D eigenvalue weighted by molar-refractivity contribution is 0.408. The molecule has 0 aliphatic rings. The summed E-state index contributed by atoms with van der Waals surface area (Å²) < 4.78 is 7.47. The van der Waals surface area contributed by atoms with Gasteiger partial charge in [0.1, 0.15) is 5.75 Å². The summed E-state index contributed by atoms with van der Waals surface area (Å²) >= 11 is 5.80. The molecular formula is C10H13BrINO. The fraction of sp³-hybridized carbons (Fsp3) is 0.400. The van der Waals surface area contributed by atoms with Crippen molar-refractivity contribution in [3.8, 4) is 5.75 Å². The summed E-state index contributed by atoms with van der Waals surface area (Å²) in [4.78, 5) is 0. The Bertz CT molecular complexity index is 293. The lowest BCUT2D eigenvalue weighted by Crippen LogP contribution is -2.16. The van der Waals surface area contributed by atoms with Gasteiger partial charge in [0.15, 0.2) is 0 Å². The van der Waals surface area contributed by atoms with E-state index in [-0.39, 0.29) is 0 Å². The summed E-state index contributed by atoms with van der Waals surface area (Å²) in [5, 5.41) is 3.34. The smallest absolute Gasteiger partial charge is 0.123 e. The average molecular weight is 370 g/mol. The maximum Gasteiger partial charge on any atom is 0.123 e. The molecule has 0 bridgehead atoms. The molecule has 0 radical (unpaired) electrons. The van der Waals surface area contributed by atoms with Crippen LogP contribution in [0.1, 0.15) is 5.56 Å². The molecule has 4 heteroatoms. The normalized spacial score (nSPS) is 10.2. The molecule has 0 aliphatic heterocycles. The first-order valence-corrected chi connectivity index (χ1v) is 6.69. The van der Waals surface area contributed by atoms with E-state index in [0.29, 0.717) is 0 Å². The van der Waals surface area contributed by atoms with Crippen molar-refractivity contribution < 1.29 is 4.74 Å². The van der Waals surface area contributed by atoms with E-state index in [1.54, 1.807) is 7.11 Å². The Labute approximate surface area is 107 Å². The second-order valence-electron chi connectivity index (χ2n) is 2.82. The summed E-state index contributed by atoms with van der Waals surface area (Å²) in [6.45, 7) is 1.88. The molecule has 0 heterocycles. The highest BCUT2D eigenvalue weighted by molar-refractivity contribution is 14.1. The van der Waals surface area contributed by atoms with Gasteiger partial charge >= 0.3 is 0 Å². The van der Waals surface area contributed by atoms with Crippen LogP contribution in [-0.2, 0) is 6.54 Å². The quantitative estimate of drug-likeness (QED) is 0.489. The predicted molar refractivity (Wildman–Crippen MR) is 71.3 cm³/mol. The molecule has 0 unspecified atom stereocenters. The largest absolute Gasteiger partial charge is 0.496 e. The van der Waals surface area contributed by atoms with Crippen LogP contribution in [0.15, 0.2) is 22.7 Å². The van der Waals surface area contributed by atoms with E-state index in [1.807, 2.05) is 12.1 Å². The number of methoxy groups -OCH3 is 1. The SMILES string of the molecule is COc1ccc(Br)cc1CNCCI. The van der Waals surface area contributed by atoms with Crippen molar-refractivity contribution in [1.29, 1.82) is 0 Å². The second-order valence-corrected chi connectivity index (χ2v) is 4.82. The minimum atomic E-state index is 0.853. The Morgan fingerprint density at radius 3 is 2.93 bits per heavy atom. The van der Waals surface area contributed by atoms with E-state index in [0.717, 1.165) is 27.7 Å². The second kappa shape index (κ2) is 6.63. The van der Waals surface area contributed by atoms with Gasteiger partial charge in [-0.05, 0) is 18.2 Å². The zero-order chi connectivity index (χ0) is 10.4. The third-order valence-corrected chi connectivity index (χ3v) is 2.86. The van der Waals surface area contributed by atoms with Crippen molar-refractivity contribution in [3.05, 3.63) is 28.2 Å². The van der Waals surface area contributed by atoms with Gasteiger partial charge in [-0.15, -0.1) is 0 Å². The Balaban J connectivity index is 2.67. The maximum atomic E-state index is 5.27. The van der Waals surface area contributed by atoms with Crippen molar-refractivity contribution in [2.45, 2.75) is 6.54 Å². The van der Waals surface area contributed by atoms with Crippen LogP contribution in [0.25, 0.3) is 0 Å². The minimum absolute atomic E-state index is 0.853. The molecule has 1 N–H and O–H groups in total. The van der Waals surface area contributed by atoms with Gasteiger partial charge in [-0.1, -0.05) is 38.5 Å². The fourth-order valence-corrected chi connectivity index (χ4v) is 1.97. The molecule has 0 saturated heterocycles. The van der Waals surface area contributed by atoms with Crippen molar-refractivity contribution in [2.75, 3.05) is 18.1 Å². The molecule has 0 atom stereocenters. The molecule has 0 spiro atoms. The Kier molecular flexibility index (Phi) is 5.81. The van der Waals surface area contributed by atoms with Crippen LogP contribution < -0.4 is 10.1 Å². The van der Waals surface area contributed by atoms with Crippen molar-refractivity contribution in [3.63, 3.8) is 0 Å². The number of nitrogens with one attached hydrogen (secondary N) is 1. The zero-order valence-corrected chi connectivity index (χ0v) is 11.8.